The van der Waals surface area contributed by atoms with E-state index in [9.17, 15) is 8.78 Å². The summed E-state index contributed by atoms with van der Waals surface area (Å²) >= 11 is 0. The standard InChI is InChI=1S/C13H18F2N2/c1-10(16-17-7-3-2-4-8-17)11-5-6-12(14)13(15)9-11/h5-6,9-10,16H,2-4,7-8H2,1H3. The molecular weight excluding hydrogens is 222 g/mol. The molecule has 1 aliphatic rings. The molecule has 0 amide bonds. The summed E-state index contributed by atoms with van der Waals surface area (Å²) in [6, 6.07) is 4.07. The SMILES string of the molecule is CC(NN1CCCCC1)c1ccc(F)c(F)c1. The van der Waals surface area contributed by atoms with Gasteiger partial charge in [-0.25, -0.2) is 19.2 Å². The molecule has 1 aliphatic heterocycles. The fourth-order valence-electron chi connectivity index (χ4n) is 2.15. The first-order valence-corrected chi connectivity index (χ1v) is 6.13. The molecule has 2 rings (SSSR count). The van der Waals surface area contributed by atoms with Gasteiger partial charge in [0.15, 0.2) is 11.6 Å². The number of nitrogens with zero attached hydrogens (tertiary/aromatic N) is 1. The first kappa shape index (κ1) is 12.5. The summed E-state index contributed by atoms with van der Waals surface area (Å²) in [5, 5.41) is 2.16. The monoisotopic (exact) mass is 240 g/mol. The first-order chi connectivity index (χ1) is 8.16. The minimum absolute atomic E-state index is 0.00296. The minimum atomic E-state index is -0.793. The number of hydrazine groups is 1. The van der Waals surface area contributed by atoms with E-state index in [0.29, 0.717) is 0 Å². The Bertz CT molecular complexity index is 376. The van der Waals surface area contributed by atoms with Crippen LogP contribution in [0, 0.1) is 11.6 Å². The van der Waals surface area contributed by atoms with Crippen molar-refractivity contribution >= 4 is 0 Å². The molecule has 0 aliphatic carbocycles. The van der Waals surface area contributed by atoms with Crippen molar-refractivity contribution in [2.75, 3.05) is 13.1 Å². The second kappa shape index (κ2) is 5.56. The summed E-state index contributed by atoms with van der Waals surface area (Å²) in [5.41, 5.74) is 4.10. The number of hydrogen-bond donors (Lipinski definition) is 1. The molecule has 4 heteroatoms. The summed E-state index contributed by atoms with van der Waals surface area (Å²) in [6.45, 7) is 4.00. The zero-order valence-electron chi connectivity index (χ0n) is 10.0. The van der Waals surface area contributed by atoms with Gasteiger partial charge in [0, 0.05) is 19.1 Å². The predicted molar refractivity (Wildman–Crippen MR) is 63.3 cm³/mol. The lowest BCUT2D eigenvalue weighted by molar-refractivity contribution is 0.133. The molecule has 1 N–H and O–H groups in total. The van der Waals surface area contributed by atoms with Crippen molar-refractivity contribution < 1.29 is 8.78 Å². The van der Waals surface area contributed by atoms with E-state index in [1.54, 1.807) is 6.07 Å². The highest BCUT2D eigenvalue weighted by molar-refractivity contribution is 5.20. The van der Waals surface area contributed by atoms with Crippen LogP contribution < -0.4 is 5.43 Å². The molecule has 0 radical (unpaired) electrons. The highest BCUT2D eigenvalue weighted by atomic mass is 19.2. The average Bonchev–Trinajstić information content (AvgIpc) is 2.34. The first-order valence-electron chi connectivity index (χ1n) is 6.13. The molecule has 0 bridgehead atoms. The molecule has 2 nitrogen and oxygen atoms in total. The highest BCUT2D eigenvalue weighted by Crippen LogP contribution is 2.17. The number of hydrogen-bond acceptors (Lipinski definition) is 2. The zero-order valence-corrected chi connectivity index (χ0v) is 10.0. The summed E-state index contributed by atoms with van der Waals surface area (Å²) in [6.07, 6.45) is 3.66. The second-order valence-corrected chi connectivity index (χ2v) is 4.57. The van der Waals surface area contributed by atoms with Crippen LogP contribution in [0.3, 0.4) is 0 Å². The average molecular weight is 240 g/mol. The Morgan fingerprint density at radius 2 is 1.82 bits per heavy atom. The molecule has 1 heterocycles. The number of benzene rings is 1. The van der Waals surface area contributed by atoms with E-state index >= 15 is 0 Å². The molecule has 0 spiro atoms. The molecule has 1 fully saturated rings. The Morgan fingerprint density at radius 3 is 2.47 bits per heavy atom. The predicted octanol–water partition coefficient (Wildman–Crippen LogP) is 3.02. The van der Waals surface area contributed by atoms with E-state index in [1.807, 2.05) is 6.92 Å². The lowest BCUT2D eigenvalue weighted by atomic mass is 10.1. The maximum Gasteiger partial charge on any atom is 0.159 e. The van der Waals surface area contributed by atoms with Crippen LogP contribution in [0.15, 0.2) is 18.2 Å². The molecular formula is C13H18F2N2. The molecule has 1 aromatic rings. The number of nitrogens with one attached hydrogen (secondary N) is 1. The van der Waals surface area contributed by atoms with Crippen LogP contribution in [0.1, 0.15) is 37.8 Å². The minimum Gasteiger partial charge on any atom is -0.248 e. The van der Waals surface area contributed by atoms with Crippen molar-refractivity contribution in [1.82, 2.24) is 10.4 Å². The Labute approximate surface area is 101 Å². The largest absolute Gasteiger partial charge is 0.248 e. The topological polar surface area (TPSA) is 15.3 Å². The number of piperidine rings is 1. The Hall–Kier alpha value is -1.00. The fraction of sp³-hybridized carbons (Fsp3) is 0.538. The molecule has 17 heavy (non-hydrogen) atoms. The Morgan fingerprint density at radius 1 is 1.12 bits per heavy atom. The number of halogens is 2. The van der Waals surface area contributed by atoms with Gasteiger partial charge in [-0.05, 0) is 37.5 Å². The van der Waals surface area contributed by atoms with Gasteiger partial charge >= 0.3 is 0 Å². The summed E-state index contributed by atoms with van der Waals surface area (Å²) < 4.78 is 25.9. The van der Waals surface area contributed by atoms with E-state index in [0.717, 1.165) is 18.7 Å². The number of rotatable bonds is 3. The van der Waals surface area contributed by atoms with Crippen molar-refractivity contribution in [2.45, 2.75) is 32.2 Å². The van der Waals surface area contributed by atoms with Crippen LogP contribution in [-0.4, -0.2) is 18.1 Å². The normalized spacial score (nSPS) is 19.2. The summed E-state index contributed by atoms with van der Waals surface area (Å²) in [4.78, 5) is 0. The van der Waals surface area contributed by atoms with Gasteiger partial charge in [0.25, 0.3) is 0 Å². The van der Waals surface area contributed by atoms with Crippen molar-refractivity contribution in [2.24, 2.45) is 0 Å². The second-order valence-electron chi connectivity index (χ2n) is 4.57. The molecule has 1 saturated heterocycles. The van der Waals surface area contributed by atoms with Gasteiger partial charge < -0.3 is 0 Å². The lowest BCUT2D eigenvalue weighted by Crippen LogP contribution is -2.42. The molecule has 94 valence electrons. The molecule has 1 atom stereocenters. The lowest BCUT2D eigenvalue weighted by Gasteiger charge is -2.30. The molecule has 1 unspecified atom stereocenters. The van der Waals surface area contributed by atoms with E-state index in [-0.39, 0.29) is 6.04 Å². The third-order valence-corrected chi connectivity index (χ3v) is 3.18. The molecule has 0 saturated carbocycles. The highest BCUT2D eigenvalue weighted by Gasteiger charge is 2.14. The van der Waals surface area contributed by atoms with Crippen LogP contribution in [-0.2, 0) is 0 Å². The van der Waals surface area contributed by atoms with Gasteiger partial charge in [-0.2, -0.15) is 0 Å². The van der Waals surface area contributed by atoms with Crippen LogP contribution in [0.4, 0.5) is 8.78 Å². The summed E-state index contributed by atoms with van der Waals surface area (Å²) in [7, 11) is 0. The van der Waals surface area contributed by atoms with Crippen molar-refractivity contribution in [3.63, 3.8) is 0 Å². The summed E-state index contributed by atoms with van der Waals surface area (Å²) in [5.74, 6) is -1.58. The van der Waals surface area contributed by atoms with E-state index in [4.69, 9.17) is 0 Å². The maximum atomic E-state index is 13.1. The van der Waals surface area contributed by atoms with Crippen LogP contribution in [0.5, 0.6) is 0 Å². The van der Waals surface area contributed by atoms with Gasteiger partial charge in [-0.15, -0.1) is 0 Å². The quantitative estimate of drug-likeness (QED) is 0.873. The molecule has 0 aromatic heterocycles. The fourth-order valence-corrected chi connectivity index (χ4v) is 2.15. The Kier molecular flexibility index (Phi) is 4.07. The van der Waals surface area contributed by atoms with Crippen molar-refractivity contribution in [1.29, 1.82) is 0 Å². The van der Waals surface area contributed by atoms with E-state index < -0.39 is 11.6 Å². The Balaban J connectivity index is 1.98. The van der Waals surface area contributed by atoms with Crippen molar-refractivity contribution in [3.8, 4) is 0 Å². The van der Waals surface area contributed by atoms with Gasteiger partial charge in [-0.3, -0.25) is 0 Å². The third kappa shape index (κ3) is 3.23. The van der Waals surface area contributed by atoms with Crippen LogP contribution >= 0.6 is 0 Å². The smallest absolute Gasteiger partial charge is 0.159 e. The van der Waals surface area contributed by atoms with Crippen LogP contribution in [0.2, 0.25) is 0 Å². The van der Waals surface area contributed by atoms with Gasteiger partial charge in [-0.1, -0.05) is 12.5 Å². The van der Waals surface area contributed by atoms with Gasteiger partial charge in [0.05, 0.1) is 0 Å². The molecule has 1 aromatic carbocycles. The van der Waals surface area contributed by atoms with Gasteiger partial charge in [0.1, 0.15) is 0 Å². The third-order valence-electron chi connectivity index (χ3n) is 3.18. The van der Waals surface area contributed by atoms with Crippen LogP contribution in [0.25, 0.3) is 0 Å². The van der Waals surface area contributed by atoms with Crippen molar-refractivity contribution in [3.05, 3.63) is 35.4 Å². The van der Waals surface area contributed by atoms with E-state index in [1.165, 1.54) is 31.4 Å². The van der Waals surface area contributed by atoms with E-state index in [2.05, 4.69) is 10.4 Å². The maximum absolute atomic E-state index is 13.1. The zero-order chi connectivity index (χ0) is 12.3. The van der Waals surface area contributed by atoms with Gasteiger partial charge in [0.2, 0.25) is 0 Å².